The summed E-state index contributed by atoms with van der Waals surface area (Å²) in [6.45, 7) is 1.94. The molecule has 4 heteroatoms. The zero-order chi connectivity index (χ0) is 14.8. The second-order valence-electron chi connectivity index (χ2n) is 4.91. The maximum absolute atomic E-state index is 10.6. The number of ether oxygens (including phenoxy) is 1. The average molecular weight is 280 g/mol. The van der Waals surface area contributed by atoms with Gasteiger partial charge in [0, 0.05) is 0 Å². The van der Waals surface area contributed by atoms with Crippen molar-refractivity contribution in [2.45, 2.75) is 13.0 Å². The van der Waals surface area contributed by atoms with Crippen LogP contribution in [0.2, 0.25) is 0 Å². The number of aliphatic hydroxyl groups is 1. The van der Waals surface area contributed by atoms with Crippen LogP contribution in [0.15, 0.2) is 48.7 Å². The van der Waals surface area contributed by atoms with Crippen molar-refractivity contribution in [1.82, 2.24) is 9.97 Å². The molecule has 1 N–H and O–H groups in total. The van der Waals surface area contributed by atoms with E-state index in [4.69, 9.17) is 4.74 Å². The molecule has 1 heterocycles. The van der Waals surface area contributed by atoms with E-state index in [-0.39, 0.29) is 0 Å². The zero-order valence-corrected chi connectivity index (χ0v) is 11.9. The molecular formula is C17H16N2O2. The minimum absolute atomic E-state index is 0.543. The lowest BCUT2D eigenvalue weighted by molar-refractivity contribution is 0.214. The zero-order valence-electron chi connectivity index (χ0n) is 11.9. The van der Waals surface area contributed by atoms with Gasteiger partial charge in [-0.2, -0.15) is 0 Å². The maximum atomic E-state index is 10.6. The Kier molecular flexibility index (Phi) is 3.54. The van der Waals surface area contributed by atoms with Crippen molar-refractivity contribution in [3.05, 3.63) is 65.5 Å². The van der Waals surface area contributed by atoms with Crippen molar-refractivity contribution in [1.29, 1.82) is 0 Å². The summed E-state index contributed by atoms with van der Waals surface area (Å²) in [6, 6.07) is 13.2. The molecule has 1 aromatic heterocycles. The van der Waals surface area contributed by atoms with Gasteiger partial charge in [-0.25, -0.2) is 4.98 Å². The van der Waals surface area contributed by atoms with Crippen molar-refractivity contribution in [3.63, 3.8) is 0 Å². The molecule has 1 atom stereocenters. The van der Waals surface area contributed by atoms with Crippen LogP contribution in [-0.4, -0.2) is 22.2 Å². The fraction of sp³-hybridized carbons (Fsp3) is 0.176. The first kappa shape index (κ1) is 13.5. The number of nitrogens with zero attached hydrogens (tertiary/aromatic N) is 2. The average Bonchev–Trinajstić information content (AvgIpc) is 2.53. The van der Waals surface area contributed by atoms with Crippen molar-refractivity contribution in [2.24, 2.45) is 0 Å². The van der Waals surface area contributed by atoms with Gasteiger partial charge in [-0.05, 0) is 42.3 Å². The van der Waals surface area contributed by atoms with E-state index in [0.29, 0.717) is 5.69 Å². The maximum Gasteiger partial charge on any atom is 0.123 e. The molecule has 3 aromatic rings. The summed E-state index contributed by atoms with van der Waals surface area (Å²) in [7, 11) is 1.62. The number of fused-ring (bicyclic) bond motifs is 1. The first-order chi connectivity index (χ1) is 10.2. The molecule has 0 aliphatic carbocycles. The number of rotatable bonds is 3. The summed E-state index contributed by atoms with van der Waals surface area (Å²) in [5.74, 6) is 0.771. The molecule has 0 bridgehead atoms. The first-order valence-corrected chi connectivity index (χ1v) is 6.73. The van der Waals surface area contributed by atoms with Crippen LogP contribution in [0.25, 0.3) is 11.0 Å². The molecule has 0 radical (unpaired) electrons. The Bertz CT molecular complexity index is 787. The topological polar surface area (TPSA) is 55.2 Å². The molecule has 0 fully saturated rings. The standard InChI is InChI=1S/C17H16N2O2/c1-11-9-12(21-2)7-8-13(11)17(20)16-10-18-14-5-3-4-6-15(14)19-16/h3-10,17,20H,1-2H3. The third kappa shape index (κ3) is 2.58. The van der Waals surface area contributed by atoms with Crippen LogP contribution in [0.4, 0.5) is 0 Å². The van der Waals surface area contributed by atoms with E-state index in [2.05, 4.69) is 9.97 Å². The lowest BCUT2D eigenvalue weighted by atomic mass is 10.0. The Morgan fingerprint density at radius 2 is 1.86 bits per heavy atom. The number of aromatic nitrogens is 2. The highest BCUT2D eigenvalue weighted by Crippen LogP contribution is 2.26. The molecule has 0 aliphatic heterocycles. The SMILES string of the molecule is COc1ccc(C(O)c2cnc3ccccc3n2)c(C)c1. The highest BCUT2D eigenvalue weighted by Gasteiger charge is 2.15. The van der Waals surface area contributed by atoms with E-state index in [1.54, 1.807) is 13.3 Å². The van der Waals surface area contributed by atoms with Gasteiger partial charge in [0.2, 0.25) is 0 Å². The molecule has 4 nitrogen and oxygen atoms in total. The van der Waals surface area contributed by atoms with E-state index in [0.717, 1.165) is 27.9 Å². The van der Waals surface area contributed by atoms with Gasteiger partial charge >= 0.3 is 0 Å². The van der Waals surface area contributed by atoms with Crippen molar-refractivity contribution < 1.29 is 9.84 Å². The number of hydrogen-bond donors (Lipinski definition) is 1. The Hall–Kier alpha value is -2.46. The minimum atomic E-state index is -0.798. The third-order valence-electron chi connectivity index (χ3n) is 3.52. The van der Waals surface area contributed by atoms with E-state index in [1.165, 1.54) is 0 Å². The molecule has 0 saturated carbocycles. The predicted molar refractivity (Wildman–Crippen MR) is 81.3 cm³/mol. The summed E-state index contributed by atoms with van der Waals surface area (Å²) < 4.78 is 5.18. The molecule has 0 saturated heterocycles. The molecule has 21 heavy (non-hydrogen) atoms. The molecule has 0 spiro atoms. The highest BCUT2D eigenvalue weighted by atomic mass is 16.5. The van der Waals surface area contributed by atoms with Crippen LogP contribution in [0.3, 0.4) is 0 Å². The van der Waals surface area contributed by atoms with Crippen molar-refractivity contribution in [2.75, 3.05) is 7.11 Å². The normalized spacial score (nSPS) is 12.3. The largest absolute Gasteiger partial charge is 0.497 e. The van der Waals surface area contributed by atoms with Crippen LogP contribution < -0.4 is 4.74 Å². The van der Waals surface area contributed by atoms with Crippen LogP contribution >= 0.6 is 0 Å². The molecule has 0 aliphatic rings. The van der Waals surface area contributed by atoms with Crippen LogP contribution in [0.1, 0.15) is 22.9 Å². The third-order valence-corrected chi connectivity index (χ3v) is 3.52. The number of hydrogen-bond acceptors (Lipinski definition) is 4. The van der Waals surface area contributed by atoms with Crippen LogP contribution in [0.5, 0.6) is 5.75 Å². The molecule has 3 rings (SSSR count). The molecule has 0 amide bonds. The minimum Gasteiger partial charge on any atom is -0.497 e. The van der Waals surface area contributed by atoms with Gasteiger partial charge in [0.15, 0.2) is 0 Å². The Labute approximate surface area is 123 Å². The van der Waals surface area contributed by atoms with Gasteiger partial charge in [0.05, 0.1) is 30.0 Å². The second-order valence-corrected chi connectivity index (χ2v) is 4.91. The van der Waals surface area contributed by atoms with E-state index in [9.17, 15) is 5.11 Å². The summed E-state index contributed by atoms with van der Waals surface area (Å²) in [6.07, 6.45) is 0.824. The van der Waals surface area contributed by atoms with Gasteiger partial charge in [-0.3, -0.25) is 4.98 Å². The Balaban J connectivity index is 2.01. The monoisotopic (exact) mass is 280 g/mol. The molecular weight excluding hydrogens is 264 g/mol. The number of methoxy groups -OCH3 is 1. The van der Waals surface area contributed by atoms with E-state index >= 15 is 0 Å². The molecule has 1 unspecified atom stereocenters. The number of benzene rings is 2. The van der Waals surface area contributed by atoms with Gasteiger partial charge < -0.3 is 9.84 Å². The first-order valence-electron chi connectivity index (χ1n) is 6.73. The van der Waals surface area contributed by atoms with E-state index in [1.807, 2.05) is 49.4 Å². The van der Waals surface area contributed by atoms with Crippen LogP contribution in [-0.2, 0) is 0 Å². The molecule has 106 valence electrons. The Morgan fingerprint density at radius 3 is 2.57 bits per heavy atom. The smallest absolute Gasteiger partial charge is 0.123 e. The van der Waals surface area contributed by atoms with Gasteiger partial charge in [0.25, 0.3) is 0 Å². The quantitative estimate of drug-likeness (QED) is 0.801. The van der Waals surface area contributed by atoms with Gasteiger partial charge in [0.1, 0.15) is 11.9 Å². The van der Waals surface area contributed by atoms with Crippen molar-refractivity contribution in [3.8, 4) is 5.75 Å². The summed E-state index contributed by atoms with van der Waals surface area (Å²) in [5, 5.41) is 10.6. The number of aliphatic hydroxyl groups excluding tert-OH is 1. The van der Waals surface area contributed by atoms with Gasteiger partial charge in [-0.1, -0.05) is 18.2 Å². The second kappa shape index (κ2) is 5.50. The van der Waals surface area contributed by atoms with Crippen LogP contribution in [0, 0.1) is 6.92 Å². The summed E-state index contributed by atoms with van der Waals surface area (Å²) in [4.78, 5) is 8.84. The fourth-order valence-electron chi connectivity index (χ4n) is 2.34. The highest BCUT2D eigenvalue weighted by molar-refractivity contribution is 5.73. The summed E-state index contributed by atoms with van der Waals surface area (Å²) in [5.41, 5.74) is 3.90. The lowest BCUT2D eigenvalue weighted by Gasteiger charge is -2.14. The summed E-state index contributed by atoms with van der Waals surface area (Å²) >= 11 is 0. The van der Waals surface area contributed by atoms with Gasteiger partial charge in [-0.15, -0.1) is 0 Å². The van der Waals surface area contributed by atoms with E-state index < -0.39 is 6.10 Å². The fourth-order valence-corrected chi connectivity index (χ4v) is 2.34. The number of para-hydroxylation sites is 2. The Morgan fingerprint density at radius 1 is 1.10 bits per heavy atom. The molecule has 2 aromatic carbocycles. The predicted octanol–water partition coefficient (Wildman–Crippen LogP) is 3.03. The van der Waals surface area contributed by atoms with Crippen molar-refractivity contribution >= 4 is 11.0 Å². The number of aryl methyl sites for hydroxylation is 1. The lowest BCUT2D eigenvalue weighted by Crippen LogP contribution is -2.05.